The minimum atomic E-state index is -2.47. The van der Waals surface area contributed by atoms with E-state index in [1.54, 1.807) is 24.4 Å². The fourth-order valence-electron chi connectivity index (χ4n) is 8.17. The molecule has 1 aliphatic heterocycles. The van der Waals surface area contributed by atoms with E-state index in [1.807, 2.05) is 24.3 Å². The predicted molar refractivity (Wildman–Crippen MR) is 216 cm³/mol. The highest BCUT2D eigenvalue weighted by atomic mass is 35.5. The quantitative estimate of drug-likeness (QED) is 0.0679. The average Bonchev–Trinajstić information content (AvgIpc) is 3.66. The van der Waals surface area contributed by atoms with Gasteiger partial charge in [-0.3, -0.25) is 19.8 Å². The van der Waals surface area contributed by atoms with Crippen molar-refractivity contribution >= 4 is 62.5 Å². The third-order valence-electron chi connectivity index (χ3n) is 11.4. The van der Waals surface area contributed by atoms with E-state index >= 15 is 4.39 Å². The molecule has 0 bridgehead atoms. The standard InChI is InChI=1S/C41H41ClFN7O5S/c1-44-34-9-10-36(37(43)38(34)50(52)53)56(54)47-40(51)32-8-7-30(22-35(32)55-31-21-27-12-16-45-39(27)46-24-31)49-19-17-48(18-20-49)25-28-11-15-41(13-2-14-41)23-33(28)26-3-5-29(42)6-4-26/h3-10,12,16,21-22,24,44H,2,11,13-15,17-20,23,25H2,1H3,(H,45,46)(H,47,51). The number of nitrogens with zero attached hydrogens (tertiary/aromatic N) is 4. The number of hydrogen-bond donors (Lipinski definition) is 3. The molecule has 3 aliphatic rings. The van der Waals surface area contributed by atoms with Crippen LogP contribution < -0.4 is 19.7 Å². The molecule has 1 saturated heterocycles. The summed E-state index contributed by atoms with van der Waals surface area (Å²) in [6.45, 7) is 4.11. The second-order valence-corrected chi connectivity index (χ2v) is 16.4. The van der Waals surface area contributed by atoms with E-state index in [0.717, 1.165) is 67.7 Å². The lowest BCUT2D eigenvalue weighted by Gasteiger charge is -2.47. The normalized spacial score (nSPS) is 17.5. The van der Waals surface area contributed by atoms with Crippen LogP contribution >= 0.6 is 11.6 Å². The van der Waals surface area contributed by atoms with Crippen molar-refractivity contribution in [2.75, 3.05) is 50.0 Å². The molecule has 0 radical (unpaired) electrons. The minimum absolute atomic E-state index is 0.0415. The molecule has 2 fully saturated rings. The fraction of sp³-hybridized carbons (Fsp3) is 0.317. The lowest BCUT2D eigenvalue weighted by molar-refractivity contribution is -0.386. The maximum Gasteiger partial charge on any atom is 0.333 e. The Kier molecular flexibility index (Phi) is 10.6. The van der Waals surface area contributed by atoms with Crippen molar-refractivity contribution in [3.63, 3.8) is 0 Å². The number of fused-ring (bicyclic) bond motifs is 1. The molecule has 3 aromatic carbocycles. The Hall–Kier alpha value is -5.15. The fourth-order valence-corrected chi connectivity index (χ4v) is 9.14. The van der Waals surface area contributed by atoms with E-state index in [9.17, 15) is 19.5 Å². The molecule has 56 heavy (non-hydrogen) atoms. The summed E-state index contributed by atoms with van der Waals surface area (Å²) in [4.78, 5) is 36.0. The highest BCUT2D eigenvalue weighted by molar-refractivity contribution is 7.90. The van der Waals surface area contributed by atoms with Gasteiger partial charge in [0.1, 0.15) is 34.2 Å². The summed E-state index contributed by atoms with van der Waals surface area (Å²) < 4.78 is 37.1. The van der Waals surface area contributed by atoms with Crippen LogP contribution in [0.4, 0.5) is 21.5 Å². The number of amides is 1. The topological polar surface area (TPSA) is 152 Å². The Morgan fingerprint density at radius 1 is 1.07 bits per heavy atom. The van der Waals surface area contributed by atoms with E-state index < -0.39 is 38.6 Å². The Bertz CT molecular complexity index is 2330. The Morgan fingerprint density at radius 2 is 1.86 bits per heavy atom. The van der Waals surface area contributed by atoms with Gasteiger partial charge in [0.2, 0.25) is 4.90 Å². The van der Waals surface area contributed by atoms with Gasteiger partial charge in [0.05, 0.1) is 16.7 Å². The molecule has 3 N–H and O–H groups in total. The first-order valence-corrected chi connectivity index (χ1v) is 20.2. The number of benzene rings is 3. The van der Waals surface area contributed by atoms with Crippen LogP contribution in [0.15, 0.2) is 89.6 Å². The summed E-state index contributed by atoms with van der Waals surface area (Å²) in [6.07, 6.45) is 10.7. The first-order valence-electron chi connectivity index (χ1n) is 18.7. The van der Waals surface area contributed by atoms with Crippen LogP contribution in [0.5, 0.6) is 11.5 Å². The summed E-state index contributed by atoms with van der Waals surface area (Å²) in [6, 6.07) is 19.5. The molecule has 8 rings (SSSR count). The number of aromatic amines is 1. The van der Waals surface area contributed by atoms with E-state index in [2.05, 4.69) is 41.9 Å². The number of rotatable bonds is 11. The van der Waals surface area contributed by atoms with Crippen LogP contribution in [-0.2, 0) is 11.4 Å². The molecular formula is C41H41ClFN7O5S. The van der Waals surface area contributed by atoms with Gasteiger partial charge in [-0.15, -0.1) is 0 Å². The largest absolute Gasteiger partial charge is 0.588 e. The summed E-state index contributed by atoms with van der Waals surface area (Å²) >= 11 is 3.79. The number of anilines is 2. The highest BCUT2D eigenvalue weighted by Gasteiger charge is 2.41. The SMILES string of the molecule is CNc1ccc([S+]([O-])NC(=O)c2ccc(N3CCN(CC4=C(c5ccc(Cl)cc5)CC5(CCC5)CC4)CC3)cc2Oc2cnc3[nH]ccc3c2)c(F)c1[N+](=O)[O-]. The molecule has 12 nitrogen and oxygen atoms in total. The van der Waals surface area contributed by atoms with Crippen molar-refractivity contribution in [3.8, 4) is 11.5 Å². The van der Waals surface area contributed by atoms with Gasteiger partial charge < -0.3 is 24.5 Å². The zero-order valence-electron chi connectivity index (χ0n) is 30.8. The lowest BCUT2D eigenvalue weighted by Crippen LogP contribution is -2.47. The van der Waals surface area contributed by atoms with Crippen molar-refractivity contribution in [2.24, 2.45) is 5.41 Å². The van der Waals surface area contributed by atoms with E-state index in [4.69, 9.17) is 16.3 Å². The Labute approximate surface area is 331 Å². The number of H-pyrrole nitrogens is 1. The molecule has 15 heteroatoms. The van der Waals surface area contributed by atoms with Crippen molar-refractivity contribution in [3.05, 3.63) is 117 Å². The number of nitro benzene ring substituents is 1. The number of aromatic nitrogens is 2. The van der Waals surface area contributed by atoms with Crippen molar-refractivity contribution in [1.29, 1.82) is 0 Å². The molecule has 1 saturated carbocycles. The number of halogens is 2. The molecule has 2 aromatic heterocycles. The summed E-state index contributed by atoms with van der Waals surface area (Å²) in [5.74, 6) is -1.57. The number of hydrogen-bond acceptors (Lipinski definition) is 9. The first kappa shape index (κ1) is 37.8. The van der Waals surface area contributed by atoms with E-state index in [-0.39, 0.29) is 17.0 Å². The number of pyridine rings is 1. The van der Waals surface area contributed by atoms with Gasteiger partial charge in [0, 0.05) is 74.2 Å². The molecule has 1 atom stereocenters. The maximum absolute atomic E-state index is 15.2. The molecule has 290 valence electrons. The van der Waals surface area contributed by atoms with Crippen LogP contribution in [-0.4, -0.2) is 70.0 Å². The summed E-state index contributed by atoms with van der Waals surface area (Å²) in [5, 5.41) is 15.7. The van der Waals surface area contributed by atoms with Crippen LogP contribution in [0.25, 0.3) is 16.6 Å². The number of allylic oxidation sites excluding steroid dienone is 1. The van der Waals surface area contributed by atoms with Gasteiger partial charge in [-0.2, -0.15) is 9.11 Å². The number of nitrogens with one attached hydrogen (secondary N) is 3. The predicted octanol–water partition coefficient (Wildman–Crippen LogP) is 8.48. The lowest BCUT2D eigenvalue weighted by atomic mass is 9.59. The molecule has 1 unspecified atom stereocenters. The van der Waals surface area contributed by atoms with E-state index in [1.165, 1.54) is 61.7 Å². The van der Waals surface area contributed by atoms with Gasteiger partial charge in [-0.25, -0.2) is 4.98 Å². The van der Waals surface area contributed by atoms with Crippen LogP contribution in [0.1, 0.15) is 54.4 Å². The van der Waals surface area contributed by atoms with Crippen molar-refractivity contribution in [2.45, 2.75) is 43.4 Å². The first-order chi connectivity index (χ1) is 27.1. The zero-order chi connectivity index (χ0) is 39.0. The number of carbonyl (C=O) groups is 1. The van der Waals surface area contributed by atoms with Crippen LogP contribution in [0, 0.1) is 21.3 Å². The van der Waals surface area contributed by atoms with Gasteiger partial charge in [0.15, 0.2) is 0 Å². The summed E-state index contributed by atoms with van der Waals surface area (Å²) in [5.41, 5.74) is 5.32. The molecule has 3 heterocycles. The third-order valence-corrected chi connectivity index (χ3v) is 12.8. The van der Waals surface area contributed by atoms with Gasteiger partial charge in [-0.05, 0) is 91.1 Å². The second kappa shape index (κ2) is 15.8. The van der Waals surface area contributed by atoms with E-state index in [0.29, 0.717) is 16.8 Å². The Balaban J connectivity index is 1.01. The molecule has 1 spiro atoms. The molecule has 5 aromatic rings. The smallest absolute Gasteiger partial charge is 0.333 e. The third kappa shape index (κ3) is 7.66. The number of ether oxygens (including phenoxy) is 1. The monoisotopic (exact) mass is 797 g/mol. The molecular weight excluding hydrogens is 757 g/mol. The number of carbonyl (C=O) groups excluding carboxylic acids is 1. The average molecular weight is 798 g/mol. The molecule has 2 aliphatic carbocycles. The van der Waals surface area contributed by atoms with Crippen LogP contribution in [0.3, 0.4) is 0 Å². The Morgan fingerprint density at radius 3 is 2.57 bits per heavy atom. The van der Waals surface area contributed by atoms with Crippen LogP contribution in [0.2, 0.25) is 5.02 Å². The van der Waals surface area contributed by atoms with Crippen molar-refractivity contribution in [1.82, 2.24) is 19.6 Å². The van der Waals surface area contributed by atoms with Crippen molar-refractivity contribution < 1.29 is 23.4 Å². The zero-order valence-corrected chi connectivity index (χ0v) is 32.4. The minimum Gasteiger partial charge on any atom is -0.588 e. The highest BCUT2D eigenvalue weighted by Crippen LogP contribution is 2.55. The number of piperazine rings is 1. The maximum atomic E-state index is 15.2. The van der Waals surface area contributed by atoms with Gasteiger partial charge in [-0.1, -0.05) is 35.7 Å². The summed E-state index contributed by atoms with van der Waals surface area (Å²) in [7, 11) is 1.41. The molecule has 1 amide bonds. The number of nitro groups is 1. The second-order valence-electron chi connectivity index (χ2n) is 14.7. The van der Waals surface area contributed by atoms with Gasteiger partial charge in [0.25, 0.3) is 11.7 Å². The van der Waals surface area contributed by atoms with Gasteiger partial charge >= 0.3 is 5.69 Å².